The van der Waals surface area contributed by atoms with Crippen LogP contribution in [-0.2, 0) is 0 Å². The molecule has 1 aromatic carbocycles. The van der Waals surface area contributed by atoms with Crippen LogP contribution in [0, 0.1) is 0 Å². The first kappa shape index (κ1) is 13.6. The molecule has 0 bridgehead atoms. The molecule has 0 spiro atoms. The van der Waals surface area contributed by atoms with Crippen molar-refractivity contribution in [2.45, 2.75) is 25.8 Å². The van der Waals surface area contributed by atoms with Gasteiger partial charge in [-0.25, -0.2) is 4.98 Å². The van der Waals surface area contributed by atoms with Crippen LogP contribution in [-0.4, -0.2) is 24.7 Å². The third-order valence-corrected chi connectivity index (χ3v) is 3.33. The van der Waals surface area contributed by atoms with E-state index in [0.717, 1.165) is 35.2 Å². The Kier molecular flexibility index (Phi) is 4.58. The number of pyridine rings is 1. The molecule has 0 fully saturated rings. The molecule has 0 saturated heterocycles. The molecule has 102 valence electrons. The lowest BCUT2D eigenvalue weighted by atomic mass is 10.1. The minimum atomic E-state index is 0.356. The highest BCUT2D eigenvalue weighted by atomic mass is 16.5. The Morgan fingerprint density at radius 3 is 2.84 bits per heavy atom. The zero-order valence-corrected chi connectivity index (χ0v) is 11.5. The lowest BCUT2D eigenvalue weighted by molar-refractivity contribution is 0.420. The van der Waals surface area contributed by atoms with Crippen molar-refractivity contribution in [3.8, 4) is 5.75 Å². The van der Waals surface area contributed by atoms with Gasteiger partial charge in [-0.15, -0.1) is 0 Å². The smallest absolute Gasteiger partial charge is 0.134 e. The second kappa shape index (κ2) is 6.38. The first-order valence-electron chi connectivity index (χ1n) is 6.68. The Hall–Kier alpha value is -1.81. The maximum atomic E-state index is 5.64. The van der Waals surface area contributed by atoms with Crippen molar-refractivity contribution in [1.29, 1.82) is 0 Å². The standard InChI is InChI=1S/C15H21N3O/c1-3-11(7-9-16)18-15-13-5-4-6-14(19-2)12(13)8-10-17-15/h4-6,8,10-11H,3,7,9,16H2,1-2H3,(H,17,18). The molecule has 0 aliphatic carbocycles. The summed E-state index contributed by atoms with van der Waals surface area (Å²) in [6.07, 6.45) is 3.78. The molecule has 0 aliphatic heterocycles. The molecular weight excluding hydrogens is 238 g/mol. The van der Waals surface area contributed by atoms with Crippen LogP contribution in [0.4, 0.5) is 5.82 Å². The molecule has 0 amide bonds. The summed E-state index contributed by atoms with van der Waals surface area (Å²) in [4.78, 5) is 4.44. The van der Waals surface area contributed by atoms with Crippen molar-refractivity contribution in [1.82, 2.24) is 4.98 Å². The van der Waals surface area contributed by atoms with E-state index in [9.17, 15) is 0 Å². The van der Waals surface area contributed by atoms with E-state index in [0.29, 0.717) is 12.6 Å². The number of nitrogens with two attached hydrogens (primary N) is 1. The quantitative estimate of drug-likeness (QED) is 0.837. The lowest BCUT2D eigenvalue weighted by Gasteiger charge is -2.18. The van der Waals surface area contributed by atoms with Crippen LogP contribution in [0.5, 0.6) is 5.75 Å². The average Bonchev–Trinajstić information content (AvgIpc) is 2.46. The van der Waals surface area contributed by atoms with E-state index in [2.05, 4.69) is 23.3 Å². The number of aromatic nitrogens is 1. The zero-order valence-electron chi connectivity index (χ0n) is 11.5. The summed E-state index contributed by atoms with van der Waals surface area (Å²) >= 11 is 0. The van der Waals surface area contributed by atoms with Crippen LogP contribution in [0.25, 0.3) is 10.8 Å². The Labute approximate surface area is 114 Å². The minimum absolute atomic E-state index is 0.356. The number of ether oxygens (including phenoxy) is 1. The van der Waals surface area contributed by atoms with Crippen LogP contribution in [0.15, 0.2) is 30.5 Å². The largest absolute Gasteiger partial charge is 0.496 e. The van der Waals surface area contributed by atoms with E-state index in [1.807, 2.05) is 24.4 Å². The summed E-state index contributed by atoms with van der Waals surface area (Å²) in [7, 11) is 1.69. The van der Waals surface area contributed by atoms with E-state index < -0.39 is 0 Å². The highest BCUT2D eigenvalue weighted by Gasteiger charge is 2.10. The topological polar surface area (TPSA) is 60.2 Å². The molecule has 2 rings (SSSR count). The van der Waals surface area contributed by atoms with Crippen molar-refractivity contribution < 1.29 is 4.74 Å². The SMILES string of the molecule is CCC(CCN)Nc1nccc2c(OC)cccc12. The van der Waals surface area contributed by atoms with Gasteiger partial charge in [0.2, 0.25) is 0 Å². The third kappa shape index (κ3) is 2.96. The molecule has 4 heteroatoms. The first-order valence-corrected chi connectivity index (χ1v) is 6.68. The van der Waals surface area contributed by atoms with Gasteiger partial charge in [0.15, 0.2) is 0 Å². The molecule has 0 radical (unpaired) electrons. The van der Waals surface area contributed by atoms with Crippen molar-refractivity contribution >= 4 is 16.6 Å². The van der Waals surface area contributed by atoms with Crippen molar-refractivity contribution in [2.24, 2.45) is 5.73 Å². The summed E-state index contributed by atoms with van der Waals surface area (Å²) in [6.45, 7) is 2.83. The summed E-state index contributed by atoms with van der Waals surface area (Å²) in [5, 5.41) is 5.63. The van der Waals surface area contributed by atoms with E-state index >= 15 is 0 Å². The van der Waals surface area contributed by atoms with E-state index in [4.69, 9.17) is 10.5 Å². The highest BCUT2D eigenvalue weighted by molar-refractivity contribution is 5.95. The normalized spacial score (nSPS) is 12.4. The first-order chi connectivity index (χ1) is 9.30. The number of benzene rings is 1. The molecule has 1 heterocycles. The number of nitrogens with zero attached hydrogens (tertiary/aromatic N) is 1. The summed E-state index contributed by atoms with van der Waals surface area (Å²) < 4.78 is 5.39. The molecule has 1 aromatic heterocycles. The van der Waals surface area contributed by atoms with Gasteiger partial charge in [-0.3, -0.25) is 0 Å². The fourth-order valence-corrected chi connectivity index (χ4v) is 2.24. The molecule has 0 saturated carbocycles. The Morgan fingerprint density at radius 1 is 1.32 bits per heavy atom. The minimum Gasteiger partial charge on any atom is -0.496 e. The molecule has 3 N–H and O–H groups in total. The second-order valence-electron chi connectivity index (χ2n) is 4.54. The number of hydrogen-bond acceptors (Lipinski definition) is 4. The number of methoxy groups -OCH3 is 1. The number of fused-ring (bicyclic) bond motifs is 1. The Morgan fingerprint density at radius 2 is 2.16 bits per heavy atom. The van der Waals surface area contributed by atoms with Gasteiger partial charge < -0.3 is 15.8 Å². The van der Waals surface area contributed by atoms with Crippen LogP contribution < -0.4 is 15.8 Å². The van der Waals surface area contributed by atoms with E-state index in [1.165, 1.54) is 0 Å². The third-order valence-electron chi connectivity index (χ3n) is 3.33. The van der Waals surface area contributed by atoms with Crippen LogP contribution in [0.1, 0.15) is 19.8 Å². The number of anilines is 1. The zero-order chi connectivity index (χ0) is 13.7. The monoisotopic (exact) mass is 259 g/mol. The van der Waals surface area contributed by atoms with Crippen molar-refractivity contribution in [3.05, 3.63) is 30.5 Å². The average molecular weight is 259 g/mol. The number of rotatable bonds is 6. The molecule has 0 aliphatic rings. The Balaban J connectivity index is 2.38. The number of nitrogens with one attached hydrogen (secondary N) is 1. The lowest BCUT2D eigenvalue weighted by Crippen LogP contribution is -2.22. The van der Waals surface area contributed by atoms with Gasteiger partial charge in [-0.2, -0.15) is 0 Å². The fraction of sp³-hybridized carbons (Fsp3) is 0.400. The van der Waals surface area contributed by atoms with Crippen LogP contribution in [0.2, 0.25) is 0 Å². The summed E-state index contributed by atoms with van der Waals surface area (Å²) in [5.74, 6) is 1.77. The molecule has 19 heavy (non-hydrogen) atoms. The van der Waals surface area contributed by atoms with Gasteiger partial charge in [-0.1, -0.05) is 19.1 Å². The Bertz CT molecular complexity index is 542. The van der Waals surface area contributed by atoms with Gasteiger partial charge in [0.1, 0.15) is 11.6 Å². The summed E-state index contributed by atoms with van der Waals surface area (Å²) in [6, 6.07) is 8.33. The molecule has 2 aromatic rings. The van der Waals surface area contributed by atoms with Crippen molar-refractivity contribution in [2.75, 3.05) is 19.0 Å². The molecular formula is C15H21N3O. The predicted octanol–water partition coefficient (Wildman–Crippen LogP) is 2.78. The maximum Gasteiger partial charge on any atom is 0.134 e. The van der Waals surface area contributed by atoms with E-state index in [-0.39, 0.29) is 0 Å². The maximum absolute atomic E-state index is 5.64. The van der Waals surface area contributed by atoms with Gasteiger partial charge >= 0.3 is 0 Å². The summed E-state index contributed by atoms with van der Waals surface area (Å²) in [5.41, 5.74) is 5.64. The van der Waals surface area contributed by atoms with Crippen LogP contribution in [0.3, 0.4) is 0 Å². The van der Waals surface area contributed by atoms with Gasteiger partial charge in [0.25, 0.3) is 0 Å². The second-order valence-corrected chi connectivity index (χ2v) is 4.54. The molecule has 4 nitrogen and oxygen atoms in total. The van der Waals surface area contributed by atoms with Crippen LogP contribution >= 0.6 is 0 Å². The van der Waals surface area contributed by atoms with Gasteiger partial charge in [0, 0.05) is 23.0 Å². The van der Waals surface area contributed by atoms with Gasteiger partial charge in [-0.05, 0) is 31.5 Å². The fourth-order valence-electron chi connectivity index (χ4n) is 2.24. The molecule has 1 unspecified atom stereocenters. The number of hydrogen-bond donors (Lipinski definition) is 2. The van der Waals surface area contributed by atoms with E-state index in [1.54, 1.807) is 7.11 Å². The highest BCUT2D eigenvalue weighted by Crippen LogP contribution is 2.29. The predicted molar refractivity (Wildman–Crippen MR) is 79.7 cm³/mol. The van der Waals surface area contributed by atoms with Gasteiger partial charge in [0.05, 0.1) is 7.11 Å². The van der Waals surface area contributed by atoms with Crippen molar-refractivity contribution in [3.63, 3.8) is 0 Å². The molecule has 1 atom stereocenters.